The van der Waals surface area contributed by atoms with Crippen molar-refractivity contribution in [3.63, 3.8) is 0 Å². The van der Waals surface area contributed by atoms with Crippen LogP contribution in [0.25, 0.3) is 11.0 Å². The van der Waals surface area contributed by atoms with Gasteiger partial charge in [-0.15, -0.1) is 0 Å². The highest BCUT2D eigenvalue weighted by molar-refractivity contribution is 6.32. The van der Waals surface area contributed by atoms with E-state index in [9.17, 15) is 0 Å². The number of hydrogen-bond acceptors (Lipinski definition) is 4. The van der Waals surface area contributed by atoms with E-state index in [-0.39, 0.29) is 6.04 Å². The van der Waals surface area contributed by atoms with Crippen LogP contribution < -0.4 is 10.5 Å². The maximum atomic E-state index is 6.33. The van der Waals surface area contributed by atoms with Crippen LogP contribution in [-0.4, -0.2) is 17.1 Å². The van der Waals surface area contributed by atoms with Crippen LogP contribution in [0.5, 0.6) is 5.75 Å². The summed E-state index contributed by atoms with van der Waals surface area (Å²) in [6.45, 7) is 0. The first-order valence-corrected chi connectivity index (χ1v) is 6.86. The van der Waals surface area contributed by atoms with Gasteiger partial charge in [0.2, 0.25) is 0 Å². The molecule has 0 saturated heterocycles. The molecule has 1 unspecified atom stereocenters. The van der Waals surface area contributed by atoms with Gasteiger partial charge in [-0.05, 0) is 35.4 Å². The Bertz CT molecular complexity index is 791. The predicted molar refractivity (Wildman–Crippen MR) is 83.6 cm³/mol. The van der Waals surface area contributed by atoms with Crippen LogP contribution in [0.4, 0.5) is 0 Å². The first kappa shape index (κ1) is 13.8. The van der Waals surface area contributed by atoms with Crippen LogP contribution >= 0.6 is 11.6 Å². The lowest BCUT2D eigenvalue weighted by Crippen LogP contribution is -2.12. The molecular weight excluding hydrogens is 286 g/mol. The third-order valence-corrected chi connectivity index (χ3v) is 3.70. The van der Waals surface area contributed by atoms with Crippen molar-refractivity contribution in [3.8, 4) is 5.75 Å². The lowest BCUT2D eigenvalue weighted by Gasteiger charge is -2.14. The summed E-state index contributed by atoms with van der Waals surface area (Å²) in [7, 11) is 1.59. The molecule has 3 rings (SSSR count). The molecule has 106 valence electrons. The van der Waals surface area contributed by atoms with E-state index < -0.39 is 0 Å². The number of ether oxygens (including phenoxy) is 1. The highest BCUT2D eigenvalue weighted by atomic mass is 35.5. The van der Waals surface area contributed by atoms with Gasteiger partial charge in [0, 0.05) is 12.4 Å². The fourth-order valence-corrected chi connectivity index (χ4v) is 2.43. The first-order valence-electron chi connectivity index (χ1n) is 6.49. The van der Waals surface area contributed by atoms with E-state index in [2.05, 4.69) is 9.97 Å². The number of nitrogens with two attached hydrogens (primary N) is 1. The van der Waals surface area contributed by atoms with Gasteiger partial charge in [-0.3, -0.25) is 9.97 Å². The molecule has 0 fully saturated rings. The summed E-state index contributed by atoms with van der Waals surface area (Å²) >= 11 is 6.04. The number of methoxy groups -OCH3 is 1. The van der Waals surface area contributed by atoms with Crippen LogP contribution in [0, 0.1) is 0 Å². The number of aromatic nitrogens is 2. The number of halogens is 1. The molecule has 1 heterocycles. The van der Waals surface area contributed by atoms with Crippen LogP contribution in [0.15, 0.2) is 48.8 Å². The second-order valence-electron chi connectivity index (χ2n) is 4.68. The van der Waals surface area contributed by atoms with Gasteiger partial charge in [0.05, 0.1) is 29.2 Å². The summed E-state index contributed by atoms with van der Waals surface area (Å²) in [5.41, 5.74) is 9.90. The molecule has 0 aliphatic rings. The molecule has 0 amide bonds. The van der Waals surface area contributed by atoms with E-state index in [0.29, 0.717) is 10.8 Å². The molecule has 2 aromatic carbocycles. The van der Waals surface area contributed by atoms with Crippen LogP contribution in [0.1, 0.15) is 17.2 Å². The van der Waals surface area contributed by atoms with Crippen molar-refractivity contribution in [1.29, 1.82) is 0 Å². The normalized spacial score (nSPS) is 12.3. The minimum Gasteiger partial charge on any atom is -0.495 e. The Kier molecular flexibility index (Phi) is 3.73. The molecular formula is C16H14ClN3O. The second kappa shape index (κ2) is 5.68. The van der Waals surface area contributed by atoms with Crippen molar-refractivity contribution in [2.45, 2.75) is 6.04 Å². The zero-order valence-electron chi connectivity index (χ0n) is 11.5. The van der Waals surface area contributed by atoms with Crippen LogP contribution in [0.3, 0.4) is 0 Å². The molecule has 0 spiro atoms. The Morgan fingerprint density at radius 1 is 1.00 bits per heavy atom. The second-order valence-corrected chi connectivity index (χ2v) is 5.08. The number of fused-ring (bicyclic) bond motifs is 1. The Morgan fingerprint density at radius 2 is 1.67 bits per heavy atom. The molecule has 1 aromatic heterocycles. The van der Waals surface area contributed by atoms with Gasteiger partial charge in [0.15, 0.2) is 0 Å². The molecule has 4 nitrogen and oxygen atoms in total. The van der Waals surface area contributed by atoms with Crippen LogP contribution in [0.2, 0.25) is 5.02 Å². The standard InChI is InChI=1S/C16H14ClN3O/c1-21-15-9-11(2-4-12(15)17)16(18)10-3-5-13-14(8-10)20-7-6-19-13/h2-9,16H,18H2,1H3. The molecule has 2 N–H and O–H groups in total. The smallest absolute Gasteiger partial charge is 0.137 e. The molecule has 1 atom stereocenters. The highest BCUT2D eigenvalue weighted by Crippen LogP contribution is 2.30. The summed E-state index contributed by atoms with van der Waals surface area (Å²) in [4.78, 5) is 8.55. The summed E-state index contributed by atoms with van der Waals surface area (Å²) < 4.78 is 5.23. The molecule has 0 aliphatic heterocycles. The van der Waals surface area contributed by atoms with Gasteiger partial charge in [-0.25, -0.2) is 0 Å². The zero-order valence-corrected chi connectivity index (χ0v) is 12.2. The molecule has 0 radical (unpaired) electrons. The van der Waals surface area contributed by atoms with Gasteiger partial charge in [0.1, 0.15) is 5.75 Å². The average molecular weight is 300 g/mol. The molecule has 0 bridgehead atoms. The first-order chi connectivity index (χ1) is 10.2. The minimum atomic E-state index is -0.275. The van der Waals surface area contributed by atoms with Crippen molar-refractivity contribution in [2.75, 3.05) is 7.11 Å². The molecule has 5 heteroatoms. The van der Waals surface area contributed by atoms with Gasteiger partial charge < -0.3 is 10.5 Å². The molecule has 3 aromatic rings. The number of hydrogen-bond donors (Lipinski definition) is 1. The Labute approximate surface area is 127 Å². The Morgan fingerprint density at radius 3 is 2.43 bits per heavy atom. The third kappa shape index (κ3) is 2.68. The minimum absolute atomic E-state index is 0.275. The van der Waals surface area contributed by atoms with E-state index in [1.807, 2.05) is 30.3 Å². The van der Waals surface area contributed by atoms with Crippen molar-refractivity contribution >= 4 is 22.6 Å². The highest BCUT2D eigenvalue weighted by Gasteiger charge is 2.12. The van der Waals surface area contributed by atoms with Crippen LogP contribution in [-0.2, 0) is 0 Å². The van der Waals surface area contributed by atoms with Crippen molar-refractivity contribution < 1.29 is 4.74 Å². The molecule has 0 saturated carbocycles. The maximum Gasteiger partial charge on any atom is 0.137 e. The average Bonchev–Trinajstić information content (AvgIpc) is 2.54. The van der Waals surface area contributed by atoms with Gasteiger partial charge in [-0.1, -0.05) is 23.7 Å². The van der Waals surface area contributed by atoms with Crippen molar-refractivity contribution in [3.05, 3.63) is 64.9 Å². The van der Waals surface area contributed by atoms with E-state index in [4.69, 9.17) is 22.1 Å². The number of nitrogens with zero attached hydrogens (tertiary/aromatic N) is 2. The van der Waals surface area contributed by atoms with Gasteiger partial charge >= 0.3 is 0 Å². The van der Waals surface area contributed by atoms with E-state index in [0.717, 1.165) is 22.2 Å². The monoisotopic (exact) mass is 299 g/mol. The largest absolute Gasteiger partial charge is 0.495 e. The quantitative estimate of drug-likeness (QED) is 0.806. The van der Waals surface area contributed by atoms with E-state index >= 15 is 0 Å². The van der Waals surface area contributed by atoms with Gasteiger partial charge in [-0.2, -0.15) is 0 Å². The zero-order chi connectivity index (χ0) is 14.8. The summed E-state index contributed by atoms with van der Waals surface area (Å²) in [5.74, 6) is 0.616. The Hall–Kier alpha value is -2.17. The predicted octanol–water partition coefficient (Wildman–Crippen LogP) is 3.34. The van der Waals surface area contributed by atoms with Gasteiger partial charge in [0.25, 0.3) is 0 Å². The van der Waals surface area contributed by atoms with E-state index in [1.165, 1.54) is 0 Å². The number of benzene rings is 2. The molecule has 21 heavy (non-hydrogen) atoms. The van der Waals surface area contributed by atoms with Crippen molar-refractivity contribution in [2.24, 2.45) is 5.73 Å². The fourth-order valence-electron chi connectivity index (χ4n) is 2.24. The van der Waals surface area contributed by atoms with E-state index in [1.54, 1.807) is 25.6 Å². The summed E-state index contributed by atoms with van der Waals surface area (Å²) in [6.07, 6.45) is 3.34. The maximum absolute atomic E-state index is 6.33. The lowest BCUT2D eigenvalue weighted by molar-refractivity contribution is 0.414. The SMILES string of the molecule is COc1cc(C(N)c2ccc3nccnc3c2)ccc1Cl. The molecule has 0 aliphatic carbocycles. The summed E-state index contributed by atoms with van der Waals surface area (Å²) in [6, 6.07) is 11.1. The third-order valence-electron chi connectivity index (χ3n) is 3.39. The van der Waals surface area contributed by atoms with Crippen molar-refractivity contribution in [1.82, 2.24) is 9.97 Å². The summed E-state index contributed by atoms with van der Waals surface area (Å²) in [5, 5.41) is 0.567. The Balaban J connectivity index is 2.01. The lowest BCUT2D eigenvalue weighted by atomic mass is 9.99. The number of rotatable bonds is 3. The fraction of sp³-hybridized carbons (Fsp3) is 0.125. The topological polar surface area (TPSA) is 61.0 Å².